The zero-order valence-electron chi connectivity index (χ0n) is 11.9. The van der Waals surface area contributed by atoms with Crippen molar-refractivity contribution in [3.8, 4) is 5.75 Å². The highest BCUT2D eigenvalue weighted by molar-refractivity contribution is 7.07. The third-order valence-corrected chi connectivity index (χ3v) is 4.41. The van der Waals surface area contributed by atoms with Crippen LogP contribution in [0, 0.1) is 11.7 Å². The zero-order chi connectivity index (χ0) is 14.5. The van der Waals surface area contributed by atoms with Crippen LogP contribution < -0.4 is 4.74 Å². The number of halogens is 1. The molecule has 0 radical (unpaired) electrons. The first-order valence-corrected chi connectivity index (χ1v) is 8.21. The van der Waals surface area contributed by atoms with E-state index < -0.39 is 0 Å². The maximum atomic E-state index is 12.8. The molecule has 0 unspecified atom stereocenters. The molecule has 0 saturated carbocycles. The minimum Gasteiger partial charge on any atom is -0.493 e. The topological polar surface area (TPSA) is 25.4 Å². The van der Waals surface area contributed by atoms with Gasteiger partial charge in [-0.15, -0.1) is 11.3 Å². The lowest BCUT2D eigenvalue weighted by Gasteiger charge is -2.32. The Balaban J connectivity index is 1.48. The van der Waals surface area contributed by atoms with E-state index in [9.17, 15) is 4.39 Å². The SMILES string of the molecule is Fc1ccc(OC[C@@H]2CCCN(Cc3cscn3)C2)cc1. The standard InChI is InChI=1S/C16H19FN2OS/c17-14-3-5-16(6-4-14)20-10-13-2-1-7-19(8-13)9-15-11-21-12-18-15/h3-6,11-13H,1-2,7-10H2/t13-/m1/s1. The van der Waals surface area contributed by atoms with Gasteiger partial charge in [0.1, 0.15) is 11.6 Å². The van der Waals surface area contributed by atoms with Crippen LogP contribution in [-0.4, -0.2) is 29.6 Å². The lowest BCUT2D eigenvalue weighted by atomic mass is 9.99. The van der Waals surface area contributed by atoms with Crippen molar-refractivity contribution < 1.29 is 9.13 Å². The van der Waals surface area contributed by atoms with Crippen molar-refractivity contribution in [3.05, 3.63) is 46.7 Å². The molecule has 3 nitrogen and oxygen atoms in total. The van der Waals surface area contributed by atoms with Gasteiger partial charge in [-0.1, -0.05) is 0 Å². The lowest BCUT2D eigenvalue weighted by Crippen LogP contribution is -2.37. The average molecular weight is 306 g/mol. The van der Waals surface area contributed by atoms with Crippen LogP contribution in [0.3, 0.4) is 0 Å². The van der Waals surface area contributed by atoms with Crippen LogP contribution >= 0.6 is 11.3 Å². The second-order valence-electron chi connectivity index (χ2n) is 5.49. The van der Waals surface area contributed by atoms with Gasteiger partial charge >= 0.3 is 0 Å². The molecule has 1 aromatic carbocycles. The first-order valence-electron chi connectivity index (χ1n) is 7.27. The molecule has 21 heavy (non-hydrogen) atoms. The number of benzene rings is 1. The predicted molar refractivity (Wildman–Crippen MR) is 82.0 cm³/mol. The van der Waals surface area contributed by atoms with E-state index in [4.69, 9.17) is 4.74 Å². The summed E-state index contributed by atoms with van der Waals surface area (Å²) >= 11 is 1.64. The monoisotopic (exact) mass is 306 g/mol. The number of aromatic nitrogens is 1. The lowest BCUT2D eigenvalue weighted by molar-refractivity contribution is 0.124. The summed E-state index contributed by atoms with van der Waals surface area (Å²) in [6, 6.07) is 6.24. The third-order valence-electron chi connectivity index (χ3n) is 3.77. The Bertz CT molecular complexity index is 544. The summed E-state index contributed by atoms with van der Waals surface area (Å²) in [6.45, 7) is 3.79. The molecule has 1 saturated heterocycles. The van der Waals surface area contributed by atoms with Crippen LogP contribution in [0.25, 0.3) is 0 Å². The van der Waals surface area contributed by atoms with Gasteiger partial charge in [0.25, 0.3) is 0 Å². The van der Waals surface area contributed by atoms with Gasteiger partial charge in [0.2, 0.25) is 0 Å². The molecule has 0 N–H and O–H groups in total. The third kappa shape index (κ3) is 4.25. The molecule has 1 fully saturated rings. The fraction of sp³-hybridized carbons (Fsp3) is 0.438. The molecule has 2 heterocycles. The molecular weight excluding hydrogens is 287 g/mol. The molecule has 2 aromatic rings. The Kier molecular flexibility index (Phi) is 4.83. The summed E-state index contributed by atoms with van der Waals surface area (Å²) in [5, 5.41) is 2.11. The quantitative estimate of drug-likeness (QED) is 0.844. The van der Waals surface area contributed by atoms with Crippen molar-refractivity contribution in [2.24, 2.45) is 5.92 Å². The van der Waals surface area contributed by atoms with Crippen molar-refractivity contribution in [2.75, 3.05) is 19.7 Å². The molecule has 5 heteroatoms. The molecule has 1 atom stereocenters. The zero-order valence-corrected chi connectivity index (χ0v) is 12.7. The largest absolute Gasteiger partial charge is 0.493 e. The fourth-order valence-corrected chi connectivity index (χ4v) is 3.27. The van der Waals surface area contributed by atoms with Gasteiger partial charge in [-0.05, 0) is 43.7 Å². The summed E-state index contributed by atoms with van der Waals surface area (Å²) in [5.41, 5.74) is 3.04. The van der Waals surface area contributed by atoms with Crippen molar-refractivity contribution in [1.29, 1.82) is 0 Å². The van der Waals surface area contributed by atoms with Gasteiger partial charge in [0.05, 0.1) is 17.8 Å². The second kappa shape index (κ2) is 7.00. The summed E-state index contributed by atoms with van der Waals surface area (Å²) in [4.78, 5) is 6.79. The number of rotatable bonds is 5. The predicted octanol–water partition coefficient (Wildman–Crippen LogP) is 3.57. The van der Waals surface area contributed by atoms with E-state index in [0.29, 0.717) is 12.5 Å². The average Bonchev–Trinajstić information content (AvgIpc) is 3.00. The van der Waals surface area contributed by atoms with Gasteiger partial charge < -0.3 is 4.74 Å². The van der Waals surface area contributed by atoms with E-state index in [0.717, 1.165) is 31.1 Å². The van der Waals surface area contributed by atoms with Gasteiger partial charge in [0, 0.05) is 24.4 Å². The highest BCUT2D eigenvalue weighted by Gasteiger charge is 2.21. The van der Waals surface area contributed by atoms with E-state index in [1.54, 1.807) is 23.5 Å². The van der Waals surface area contributed by atoms with E-state index in [1.165, 1.54) is 25.0 Å². The first-order chi connectivity index (χ1) is 10.3. The number of likely N-dealkylation sites (tertiary alicyclic amines) is 1. The minimum absolute atomic E-state index is 0.227. The van der Waals surface area contributed by atoms with Gasteiger partial charge in [-0.2, -0.15) is 0 Å². The highest BCUT2D eigenvalue weighted by atomic mass is 32.1. The van der Waals surface area contributed by atoms with Crippen molar-refractivity contribution in [3.63, 3.8) is 0 Å². The number of thiazole rings is 1. The molecular formula is C16H19FN2OS. The van der Waals surface area contributed by atoms with Gasteiger partial charge in [-0.3, -0.25) is 4.90 Å². The number of ether oxygens (including phenoxy) is 1. The number of hydrogen-bond donors (Lipinski definition) is 0. The van der Waals surface area contributed by atoms with E-state index in [1.807, 2.05) is 5.51 Å². The molecule has 1 aromatic heterocycles. The van der Waals surface area contributed by atoms with E-state index in [2.05, 4.69) is 15.3 Å². The Morgan fingerprint density at radius 1 is 1.33 bits per heavy atom. The van der Waals surface area contributed by atoms with Crippen LogP contribution in [0.1, 0.15) is 18.5 Å². The molecule has 0 spiro atoms. The van der Waals surface area contributed by atoms with Crippen LogP contribution in [0.15, 0.2) is 35.2 Å². The Morgan fingerprint density at radius 3 is 2.95 bits per heavy atom. The maximum absolute atomic E-state index is 12.8. The van der Waals surface area contributed by atoms with Gasteiger partial charge in [-0.25, -0.2) is 9.37 Å². The summed E-state index contributed by atoms with van der Waals surface area (Å²) in [5.74, 6) is 1.05. The van der Waals surface area contributed by atoms with Crippen LogP contribution in [-0.2, 0) is 6.54 Å². The Labute approximate surface area is 128 Å². The molecule has 0 bridgehead atoms. The Morgan fingerprint density at radius 2 is 2.19 bits per heavy atom. The first kappa shape index (κ1) is 14.5. The molecule has 1 aliphatic heterocycles. The number of hydrogen-bond acceptors (Lipinski definition) is 4. The fourth-order valence-electron chi connectivity index (χ4n) is 2.72. The van der Waals surface area contributed by atoms with Crippen LogP contribution in [0.5, 0.6) is 5.75 Å². The van der Waals surface area contributed by atoms with Gasteiger partial charge in [0.15, 0.2) is 0 Å². The van der Waals surface area contributed by atoms with Crippen LogP contribution in [0.2, 0.25) is 0 Å². The normalized spacial score (nSPS) is 19.6. The number of piperidine rings is 1. The molecule has 3 rings (SSSR count). The maximum Gasteiger partial charge on any atom is 0.123 e. The van der Waals surface area contributed by atoms with Crippen molar-refractivity contribution in [1.82, 2.24) is 9.88 Å². The Hall–Kier alpha value is -1.46. The van der Waals surface area contributed by atoms with E-state index >= 15 is 0 Å². The second-order valence-corrected chi connectivity index (χ2v) is 6.21. The smallest absolute Gasteiger partial charge is 0.123 e. The van der Waals surface area contributed by atoms with Crippen molar-refractivity contribution in [2.45, 2.75) is 19.4 Å². The number of nitrogens with zero attached hydrogens (tertiary/aromatic N) is 2. The molecule has 0 aliphatic carbocycles. The minimum atomic E-state index is -0.227. The van der Waals surface area contributed by atoms with Crippen molar-refractivity contribution >= 4 is 11.3 Å². The highest BCUT2D eigenvalue weighted by Crippen LogP contribution is 2.20. The summed E-state index contributed by atoms with van der Waals surface area (Å²) in [7, 11) is 0. The molecule has 112 valence electrons. The molecule has 0 amide bonds. The summed E-state index contributed by atoms with van der Waals surface area (Å²) < 4.78 is 18.6. The van der Waals surface area contributed by atoms with Crippen LogP contribution in [0.4, 0.5) is 4.39 Å². The van der Waals surface area contributed by atoms with E-state index in [-0.39, 0.29) is 5.82 Å². The summed E-state index contributed by atoms with van der Waals surface area (Å²) in [6.07, 6.45) is 2.39. The molecule has 1 aliphatic rings.